The number of methoxy groups -OCH3 is 1. The molecule has 0 aromatic heterocycles. The summed E-state index contributed by atoms with van der Waals surface area (Å²) in [5.41, 5.74) is 1.50. The second-order valence-electron chi connectivity index (χ2n) is 6.50. The maximum atomic E-state index is 13.3. The summed E-state index contributed by atoms with van der Waals surface area (Å²) in [6, 6.07) is 20.5. The van der Waals surface area contributed by atoms with E-state index in [0.29, 0.717) is 22.4 Å². The standard InChI is InChI=1S/C23H18Br2O4S/c1-29-21-12-4-17(5-13-21)15-30(27,28)22(14-16-2-8-19(24)9-3-16)23(26)18-6-10-20(25)11-7-18/h2-14H,15H2,1H3/b22-14-. The Hall–Kier alpha value is -2.22. The average Bonchev–Trinajstić information content (AvgIpc) is 2.73. The molecule has 0 aliphatic rings. The molecule has 7 heteroatoms. The van der Waals surface area contributed by atoms with E-state index in [4.69, 9.17) is 4.74 Å². The van der Waals surface area contributed by atoms with Gasteiger partial charge in [-0.3, -0.25) is 4.79 Å². The van der Waals surface area contributed by atoms with Gasteiger partial charge in [-0.25, -0.2) is 8.42 Å². The molecule has 0 aliphatic heterocycles. The van der Waals surface area contributed by atoms with Crippen LogP contribution in [0.1, 0.15) is 21.5 Å². The van der Waals surface area contributed by atoms with Crippen molar-refractivity contribution in [2.45, 2.75) is 5.75 Å². The van der Waals surface area contributed by atoms with Crippen molar-refractivity contribution in [2.24, 2.45) is 0 Å². The molecular weight excluding hydrogens is 532 g/mol. The van der Waals surface area contributed by atoms with Gasteiger partial charge in [-0.15, -0.1) is 0 Å². The highest BCUT2D eigenvalue weighted by molar-refractivity contribution is 9.10. The molecule has 3 rings (SSSR count). The van der Waals surface area contributed by atoms with Gasteiger partial charge in [0.05, 0.1) is 12.9 Å². The summed E-state index contributed by atoms with van der Waals surface area (Å²) in [4.78, 5) is 12.9. The summed E-state index contributed by atoms with van der Waals surface area (Å²) >= 11 is 6.69. The molecule has 0 atom stereocenters. The predicted molar refractivity (Wildman–Crippen MR) is 126 cm³/mol. The topological polar surface area (TPSA) is 60.4 Å². The van der Waals surface area contributed by atoms with Gasteiger partial charge in [-0.05, 0) is 65.7 Å². The fraction of sp³-hybridized carbons (Fsp3) is 0.0870. The van der Waals surface area contributed by atoms with E-state index in [1.807, 2.05) is 0 Å². The van der Waals surface area contributed by atoms with Crippen LogP contribution in [0.3, 0.4) is 0 Å². The number of benzene rings is 3. The van der Waals surface area contributed by atoms with Crippen LogP contribution in [0.2, 0.25) is 0 Å². The molecule has 3 aromatic carbocycles. The highest BCUT2D eigenvalue weighted by Gasteiger charge is 2.26. The number of hydrogen-bond acceptors (Lipinski definition) is 4. The Labute approximate surface area is 192 Å². The van der Waals surface area contributed by atoms with E-state index in [1.165, 1.54) is 6.08 Å². The number of sulfone groups is 1. The van der Waals surface area contributed by atoms with E-state index in [2.05, 4.69) is 31.9 Å². The van der Waals surface area contributed by atoms with Gasteiger partial charge >= 0.3 is 0 Å². The van der Waals surface area contributed by atoms with Crippen LogP contribution in [0.15, 0.2) is 86.6 Å². The lowest BCUT2D eigenvalue weighted by Crippen LogP contribution is -2.16. The molecule has 154 valence electrons. The van der Waals surface area contributed by atoms with Gasteiger partial charge in [-0.2, -0.15) is 0 Å². The quantitative estimate of drug-likeness (QED) is 0.265. The summed E-state index contributed by atoms with van der Waals surface area (Å²) in [5.74, 6) is -0.201. The minimum Gasteiger partial charge on any atom is -0.497 e. The third-order valence-electron chi connectivity index (χ3n) is 4.35. The second kappa shape index (κ2) is 9.73. The first kappa shape index (κ1) is 22.5. The first-order valence-electron chi connectivity index (χ1n) is 8.92. The van der Waals surface area contributed by atoms with Crippen LogP contribution >= 0.6 is 31.9 Å². The molecule has 0 heterocycles. The third-order valence-corrected chi connectivity index (χ3v) is 7.09. The van der Waals surface area contributed by atoms with Gasteiger partial charge in [-0.1, -0.05) is 56.1 Å². The van der Waals surface area contributed by atoms with Crippen molar-refractivity contribution in [3.8, 4) is 5.75 Å². The van der Waals surface area contributed by atoms with Crippen molar-refractivity contribution >= 4 is 53.6 Å². The van der Waals surface area contributed by atoms with Crippen LogP contribution < -0.4 is 4.74 Å². The van der Waals surface area contributed by atoms with E-state index in [1.54, 1.807) is 79.9 Å². The Kier molecular flexibility index (Phi) is 7.28. The summed E-state index contributed by atoms with van der Waals surface area (Å²) < 4.78 is 33.3. The predicted octanol–water partition coefficient (Wildman–Crippen LogP) is 6.06. The first-order valence-corrected chi connectivity index (χ1v) is 12.2. The molecule has 0 fully saturated rings. The average molecular weight is 550 g/mol. The van der Waals surface area contributed by atoms with Crippen LogP contribution in [-0.2, 0) is 15.6 Å². The third kappa shape index (κ3) is 5.68. The van der Waals surface area contributed by atoms with Crippen molar-refractivity contribution in [3.63, 3.8) is 0 Å². The summed E-state index contributed by atoms with van der Waals surface area (Å²) in [6.45, 7) is 0. The second-order valence-corrected chi connectivity index (χ2v) is 10.3. The molecule has 0 spiro atoms. The fourth-order valence-electron chi connectivity index (χ4n) is 2.77. The highest BCUT2D eigenvalue weighted by Crippen LogP contribution is 2.24. The zero-order valence-electron chi connectivity index (χ0n) is 16.0. The number of halogens is 2. The molecule has 0 N–H and O–H groups in total. The van der Waals surface area contributed by atoms with E-state index in [0.717, 1.165) is 8.95 Å². The zero-order chi connectivity index (χ0) is 21.7. The van der Waals surface area contributed by atoms with Crippen LogP contribution in [-0.4, -0.2) is 21.3 Å². The first-order chi connectivity index (χ1) is 14.3. The van der Waals surface area contributed by atoms with Crippen LogP contribution in [0.25, 0.3) is 6.08 Å². The lowest BCUT2D eigenvalue weighted by atomic mass is 10.1. The van der Waals surface area contributed by atoms with Crippen molar-refractivity contribution < 1.29 is 17.9 Å². The molecule has 0 saturated heterocycles. The van der Waals surface area contributed by atoms with Crippen molar-refractivity contribution in [1.29, 1.82) is 0 Å². The molecule has 3 aromatic rings. The molecule has 0 amide bonds. The Bertz CT molecular complexity index is 1170. The minimum atomic E-state index is -3.91. The normalized spacial score (nSPS) is 11.9. The number of allylic oxidation sites excluding steroid dienone is 1. The lowest BCUT2D eigenvalue weighted by molar-refractivity contribution is 0.104. The smallest absolute Gasteiger partial charge is 0.204 e. The Morgan fingerprint density at radius 1 is 0.867 bits per heavy atom. The van der Waals surface area contributed by atoms with Gasteiger partial charge in [0.25, 0.3) is 0 Å². The largest absolute Gasteiger partial charge is 0.497 e. The van der Waals surface area contributed by atoms with Crippen molar-refractivity contribution in [2.75, 3.05) is 7.11 Å². The van der Waals surface area contributed by atoms with E-state index in [9.17, 15) is 13.2 Å². The van der Waals surface area contributed by atoms with Crippen molar-refractivity contribution in [3.05, 3.63) is 103 Å². The molecule has 0 aliphatic carbocycles. The summed E-state index contributed by atoms with van der Waals surface area (Å²) in [7, 11) is -2.37. The maximum absolute atomic E-state index is 13.3. The van der Waals surface area contributed by atoms with E-state index >= 15 is 0 Å². The molecule has 0 bridgehead atoms. The number of ketones is 1. The Morgan fingerprint density at radius 2 is 1.40 bits per heavy atom. The molecular formula is C23H18Br2O4S. The van der Waals surface area contributed by atoms with E-state index < -0.39 is 15.6 Å². The number of carbonyl (C=O) groups excluding carboxylic acids is 1. The van der Waals surface area contributed by atoms with Crippen LogP contribution in [0.4, 0.5) is 0 Å². The number of carbonyl (C=O) groups is 1. The van der Waals surface area contributed by atoms with Crippen LogP contribution in [0, 0.1) is 0 Å². The zero-order valence-corrected chi connectivity index (χ0v) is 20.0. The Morgan fingerprint density at radius 3 is 1.93 bits per heavy atom. The number of hydrogen-bond donors (Lipinski definition) is 0. The van der Waals surface area contributed by atoms with Crippen LogP contribution in [0.5, 0.6) is 5.75 Å². The minimum absolute atomic E-state index is 0.247. The number of ether oxygens (including phenoxy) is 1. The van der Waals surface area contributed by atoms with Crippen molar-refractivity contribution in [1.82, 2.24) is 0 Å². The SMILES string of the molecule is COc1ccc(CS(=O)(=O)/C(=C\c2ccc(Br)cc2)C(=O)c2ccc(Br)cc2)cc1. The van der Waals surface area contributed by atoms with Gasteiger partial charge in [0, 0.05) is 14.5 Å². The fourth-order valence-corrected chi connectivity index (χ4v) is 4.80. The molecule has 0 unspecified atom stereocenters. The number of rotatable bonds is 7. The summed E-state index contributed by atoms with van der Waals surface area (Å²) in [6.07, 6.45) is 1.43. The van der Waals surface area contributed by atoms with Gasteiger partial charge in [0.1, 0.15) is 10.7 Å². The Balaban J connectivity index is 2.03. The molecule has 0 radical (unpaired) electrons. The van der Waals surface area contributed by atoms with Gasteiger partial charge in [0.2, 0.25) is 5.78 Å². The monoisotopic (exact) mass is 548 g/mol. The van der Waals surface area contributed by atoms with Gasteiger partial charge in [0.15, 0.2) is 9.84 Å². The van der Waals surface area contributed by atoms with Gasteiger partial charge < -0.3 is 4.74 Å². The molecule has 4 nitrogen and oxygen atoms in total. The molecule has 0 saturated carbocycles. The molecule has 30 heavy (non-hydrogen) atoms. The maximum Gasteiger partial charge on any atom is 0.204 e. The number of Topliss-reactive ketones (excluding diaryl/α,β-unsaturated/α-hetero) is 1. The highest BCUT2D eigenvalue weighted by atomic mass is 79.9. The summed E-state index contributed by atoms with van der Waals surface area (Å²) in [5, 5.41) is 0. The van der Waals surface area contributed by atoms with E-state index in [-0.39, 0.29) is 10.7 Å². The lowest BCUT2D eigenvalue weighted by Gasteiger charge is -2.10.